The topological polar surface area (TPSA) is 25.4 Å². The van der Waals surface area contributed by atoms with Crippen LogP contribution < -0.4 is 0 Å². The predicted molar refractivity (Wildman–Crippen MR) is 52.4 cm³/mol. The second-order valence-corrected chi connectivity index (χ2v) is 4.54. The lowest BCUT2D eigenvalue weighted by Gasteiger charge is -1.96. The summed E-state index contributed by atoms with van der Waals surface area (Å²) < 4.78 is 6.12. The summed E-state index contributed by atoms with van der Waals surface area (Å²) in [5, 5.41) is 1.06. The Labute approximate surface area is 83.8 Å². The lowest BCUT2D eigenvalue weighted by atomic mass is 10.5. The Morgan fingerprint density at radius 1 is 1.67 bits per heavy atom. The molecule has 0 spiro atoms. The first-order chi connectivity index (χ1) is 5.84. The molecule has 0 saturated carbocycles. The van der Waals surface area contributed by atoms with Gasteiger partial charge in [0, 0.05) is 16.4 Å². The Balaban J connectivity index is 1.89. The van der Waals surface area contributed by atoms with Crippen LogP contribution in [0.25, 0.3) is 0 Å². The minimum Gasteiger partial charge on any atom is -0.372 e. The van der Waals surface area contributed by atoms with Gasteiger partial charge in [-0.2, -0.15) is 0 Å². The Hall–Kier alpha value is -0.0600. The molecule has 2 rings (SSSR count). The van der Waals surface area contributed by atoms with E-state index in [1.807, 2.05) is 18.3 Å². The van der Waals surface area contributed by atoms with Gasteiger partial charge in [-0.15, -0.1) is 11.8 Å². The van der Waals surface area contributed by atoms with E-state index in [1.54, 1.807) is 11.8 Å². The molecule has 0 amide bonds. The molecular formula is C8H8BrNOS. The smallest absolute Gasteiger partial charge is 0.0961 e. The summed E-state index contributed by atoms with van der Waals surface area (Å²) in [5.41, 5.74) is 0. The number of hydrogen-bond acceptors (Lipinski definition) is 3. The van der Waals surface area contributed by atoms with E-state index in [2.05, 4.69) is 20.9 Å². The van der Waals surface area contributed by atoms with Gasteiger partial charge in [-0.3, -0.25) is 0 Å². The number of hydrogen-bond donors (Lipinski definition) is 0. The maximum atomic E-state index is 5.10. The van der Waals surface area contributed by atoms with Crippen LogP contribution in [-0.4, -0.2) is 23.4 Å². The van der Waals surface area contributed by atoms with Crippen molar-refractivity contribution in [2.45, 2.75) is 11.1 Å². The zero-order valence-corrected chi connectivity index (χ0v) is 8.77. The molecule has 1 atom stereocenters. The fourth-order valence-electron chi connectivity index (χ4n) is 0.790. The van der Waals surface area contributed by atoms with Gasteiger partial charge in [-0.25, -0.2) is 4.98 Å². The summed E-state index contributed by atoms with van der Waals surface area (Å²) in [6.45, 7) is 0.920. The predicted octanol–water partition coefficient (Wildman–Crippen LogP) is 2.33. The molecule has 0 radical (unpaired) electrons. The number of epoxide rings is 1. The first-order valence-corrected chi connectivity index (χ1v) is 5.48. The van der Waals surface area contributed by atoms with Crippen LogP contribution in [0.5, 0.6) is 0 Å². The monoisotopic (exact) mass is 245 g/mol. The summed E-state index contributed by atoms with van der Waals surface area (Å²) in [6, 6.07) is 4.01. The molecule has 0 N–H and O–H groups in total. The molecular weight excluding hydrogens is 238 g/mol. The maximum absolute atomic E-state index is 5.10. The summed E-state index contributed by atoms with van der Waals surface area (Å²) >= 11 is 5.08. The fraction of sp³-hybridized carbons (Fsp3) is 0.375. The average Bonchev–Trinajstić information content (AvgIpc) is 2.87. The maximum Gasteiger partial charge on any atom is 0.0961 e. The van der Waals surface area contributed by atoms with Crippen molar-refractivity contribution < 1.29 is 4.74 Å². The third-order valence-corrected chi connectivity index (χ3v) is 3.06. The van der Waals surface area contributed by atoms with Crippen LogP contribution in [0.4, 0.5) is 0 Å². The normalized spacial score (nSPS) is 20.9. The number of ether oxygens (including phenoxy) is 1. The molecule has 2 nitrogen and oxygen atoms in total. The number of pyridine rings is 1. The van der Waals surface area contributed by atoms with Crippen molar-refractivity contribution >= 4 is 27.7 Å². The number of rotatable bonds is 3. The SMILES string of the molecule is Brc1ccc(SCC2CO2)nc1. The minimum absolute atomic E-state index is 0.473. The van der Waals surface area contributed by atoms with E-state index < -0.39 is 0 Å². The van der Waals surface area contributed by atoms with Gasteiger partial charge < -0.3 is 4.74 Å². The van der Waals surface area contributed by atoms with Crippen molar-refractivity contribution in [3.05, 3.63) is 22.8 Å². The van der Waals surface area contributed by atoms with E-state index in [9.17, 15) is 0 Å². The first-order valence-electron chi connectivity index (χ1n) is 3.70. The molecule has 1 fully saturated rings. The molecule has 1 aromatic rings. The Morgan fingerprint density at radius 3 is 3.08 bits per heavy atom. The summed E-state index contributed by atoms with van der Waals surface area (Å²) in [7, 11) is 0. The molecule has 0 bridgehead atoms. The average molecular weight is 246 g/mol. The van der Waals surface area contributed by atoms with Crippen LogP contribution in [0, 0.1) is 0 Å². The molecule has 1 aliphatic rings. The molecule has 1 unspecified atom stereocenters. The van der Waals surface area contributed by atoms with Gasteiger partial charge in [0.15, 0.2) is 0 Å². The van der Waals surface area contributed by atoms with Crippen molar-refractivity contribution in [3.63, 3.8) is 0 Å². The fourth-order valence-corrected chi connectivity index (χ4v) is 1.87. The first kappa shape index (κ1) is 8.53. The van der Waals surface area contributed by atoms with Gasteiger partial charge >= 0.3 is 0 Å². The largest absolute Gasteiger partial charge is 0.372 e. The van der Waals surface area contributed by atoms with Crippen LogP contribution in [0.3, 0.4) is 0 Å². The van der Waals surface area contributed by atoms with Gasteiger partial charge in [-0.05, 0) is 28.1 Å². The Morgan fingerprint density at radius 2 is 2.50 bits per heavy atom. The van der Waals surface area contributed by atoms with Crippen molar-refractivity contribution in [2.75, 3.05) is 12.4 Å². The molecule has 12 heavy (non-hydrogen) atoms. The molecule has 2 heterocycles. The second kappa shape index (κ2) is 3.77. The number of aromatic nitrogens is 1. The van der Waals surface area contributed by atoms with Gasteiger partial charge in [0.1, 0.15) is 0 Å². The summed E-state index contributed by atoms with van der Waals surface area (Å²) in [5.74, 6) is 1.02. The number of thioether (sulfide) groups is 1. The second-order valence-electron chi connectivity index (χ2n) is 2.58. The lowest BCUT2D eigenvalue weighted by molar-refractivity contribution is 0.426. The van der Waals surface area contributed by atoms with Crippen LogP contribution >= 0.6 is 27.7 Å². The lowest BCUT2D eigenvalue weighted by Crippen LogP contribution is -1.89. The van der Waals surface area contributed by atoms with Gasteiger partial charge in [0.2, 0.25) is 0 Å². The van der Waals surface area contributed by atoms with Gasteiger partial charge in [0.25, 0.3) is 0 Å². The third kappa shape index (κ3) is 2.47. The molecule has 0 aliphatic carbocycles. The van der Waals surface area contributed by atoms with E-state index in [1.165, 1.54) is 0 Å². The molecule has 4 heteroatoms. The minimum atomic E-state index is 0.473. The molecule has 1 aromatic heterocycles. The highest BCUT2D eigenvalue weighted by atomic mass is 79.9. The van der Waals surface area contributed by atoms with Crippen molar-refractivity contribution in [1.82, 2.24) is 4.98 Å². The standard InChI is InChI=1S/C8H8BrNOS/c9-6-1-2-8(10-3-6)12-5-7-4-11-7/h1-3,7H,4-5H2. The molecule has 64 valence electrons. The zero-order chi connectivity index (χ0) is 8.39. The summed E-state index contributed by atoms with van der Waals surface area (Å²) in [4.78, 5) is 4.24. The highest BCUT2D eigenvalue weighted by Crippen LogP contribution is 2.22. The Kier molecular flexibility index (Phi) is 2.68. The van der Waals surface area contributed by atoms with E-state index in [0.717, 1.165) is 21.9 Å². The van der Waals surface area contributed by atoms with Crippen LogP contribution in [0.2, 0.25) is 0 Å². The molecule has 1 aliphatic heterocycles. The van der Waals surface area contributed by atoms with Crippen molar-refractivity contribution in [1.29, 1.82) is 0 Å². The zero-order valence-electron chi connectivity index (χ0n) is 6.37. The number of nitrogens with zero attached hydrogens (tertiary/aromatic N) is 1. The van der Waals surface area contributed by atoms with Crippen LogP contribution in [0.15, 0.2) is 27.8 Å². The summed E-state index contributed by atoms with van der Waals surface area (Å²) in [6.07, 6.45) is 2.29. The third-order valence-electron chi connectivity index (χ3n) is 1.52. The van der Waals surface area contributed by atoms with Crippen LogP contribution in [0.1, 0.15) is 0 Å². The van der Waals surface area contributed by atoms with Crippen molar-refractivity contribution in [2.24, 2.45) is 0 Å². The van der Waals surface area contributed by atoms with E-state index in [-0.39, 0.29) is 0 Å². The highest BCUT2D eigenvalue weighted by molar-refractivity contribution is 9.10. The van der Waals surface area contributed by atoms with Crippen molar-refractivity contribution in [3.8, 4) is 0 Å². The van der Waals surface area contributed by atoms with E-state index >= 15 is 0 Å². The quantitative estimate of drug-likeness (QED) is 0.604. The van der Waals surface area contributed by atoms with E-state index in [4.69, 9.17) is 4.74 Å². The number of halogens is 1. The van der Waals surface area contributed by atoms with Gasteiger partial charge in [-0.1, -0.05) is 0 Å². The van der Waals surface area contributed by atoms with E-state index in [0.29, 0.717) is 6.10 Å². The molecule has 0 aromatic carbocycles. The highest BCUT2D eigenvalue weighted by Gasteiger charge is 2.22. The Bertz CT molecular complexity index is 260. The van der Waals surface area contributed by atoms with Crippen LogP contribution in [-0.2, 0) is 4.74 Å². The van der Waals surface area contributed by atoms with Gasteiger partial charge in [0.05, 0.1) is 17.7 Å². The molecule has 1 saturated heterocycles.